The summed E-state index contributed by atoms with van der Waals surface area (Å²) in [6, 6.07) is 9.64. The summed E-state index contributed by atoms with van der Waals surface area (Å²) in [6.45, 7) is 6.06. The molecule has 142 valence electrons. The van der Waals surface area contributed by atoms with Gasteiger partial charge in [0.25, 0.3) is 5.91 Å². The molecule has 5 heteroatoms. The second kappa shape index (κ2) is 8.11. The van der Waals surface area contributed by atoms with E-state index >= 15 is 0 Å². The average Bonchev–Trinajstić information content (AvgIpc) is 2.62. The molecule has 2 N–H and O–H groups in total. The Morgan fingerprint density at radius 1 is 1.31 bits per heavy atom. The lowest BCUT2D eigenvalue weighted by atomic mass is 9.67. The van der Waals surface area contributed by atoms with E-state index in [0.29, 0.717) is 17.6 Å². The second-order valence-electron chi connectivity index (χ2n) is 7.74. The number of benzene rings is 1. The van der Waals surface area contributed by atoms with Gasteiger partial charge in [-0.1, -0.05) is 32.0 Å². The van der Waals surface area contributed by atoms with E-state index in [0.717, 1.165) is 25.7 Å². The molecular weight excluding hydrogens is 328 g/mol. The highest BCUT2D eigenvalue weighted by Crippen LogP contribution is 2.38. The van der Waals surface area contributed by atoms with E-state index in [-0.39, 0.29) is 29.8 Å². The first-order valence-electron chi connectivity index (χ1n) is 9.82. The lowest BCUT2D eigenvalue weighted by Gasteiger charge is -2.46. The van der Waals surface area contributed by atoms with Crippen LogP contribution in [-0.4, -0.2) is 30.0 Å². The summed E-state index contributed by atoms with van der Waals surface area (Å²) in [7, 11) is 0. The molecule has 1 aromatic rings. The predicted molar refractivity (Wildman–Crippen MR) is 101 cm³/mol. The van der Waals surface area contributed by atoms with Crippen LogP contribution in [0.3, 0.4) is 0 Å². The van der Waals surface area contributed by atoms with Crippen molar-refractivity contribution in [1.82, 2.24) is 10.6 Å². The molecule has 2 aliphatic rings. The highest BCUT2D eigenvalue weighted by Gasteiger charge is 2.43. The van der Waals surface area contributed by atoms with Gasteiger partial charge in [-0.2, -0.15) is 0 Å². The molecule has 26 heavy (non-hydrogen) atoms. The first-order valence-corrected chi connectivity index (χ1v) is 9.82. The number of hydrogen-bond acceptors (Lipinski definition) is 3. The Balaban J connectivity index is 1.54. The third-order valence-corrected chi connectivity index (χ3v) is 6.09. The highest BCUT2D eigenvalue weighted by atomic mass is 16.5. The van der Waals surface area contributed by atoms with Crippen molar-refractivity contribution in [3.8, 4) is 5.75 Å². The van der Waals surface area contributed by atoms with Crippen molar-refractivity contribution < 1.29 is 14.3 Å². The van der Waals surface area contributed by atoms with Crippen molar-refractivity contribution in [3.63, 3.8) is 0 Å². The van der Waals surface area contributed by atoms with Crippen LogP contribution in [0.25, 0.3) is 0 Å². The molecule has 5 nitrogen and oxygen atoms in total. The monoisotopic (exact) mass is 358 g/mol. The standard InChI is InChI=1S/C21H30N2O3/c1-4-17-13(2)18-11-10-15(12-19(18)23-21(17)25)22-20(24)14(3)26-16-8-6-5-7-9-16/h5-9,13-15,17-19H,4,10-12H2,1-3H3,(H,22,24)(H,23,25). The van der Waals surface area contributed by atoms with Crippen LogP contribution in [0.4, 0.5) is 0 Å². The first-order chi connectivity index (χ1) is 12.5. The number of nitrogens with one attached hydrogen (secondary N) is 2. The topological polar surface area (TPSA) is 67.4 Å². The minimum absolute atomic E-state index is 0.0937. The molecule has 0 spiro atoms. The van der Waals surface area contributed by atoms with E-state index in [4.69, 9.17) is 4.74 Å². The van der Waals surface area contributed by atoms with Gasteiger partial charge in [0.1, 0.15) is 5.75 Å². The summed E-state index contributed by atoms with van der Waals surface area (Å²) in [5, 5.41) is 6.31. The van der Waals surface area contributed by atoms with Crippen molar-refractivity contribution in [2.75, 3.05) is 0 Å². The lowest BCUT2D eigenvalue weighted by molar-refractivity contribution is -0.133. The first kappa shape index (κ1) is 18.7. The second-order valence-corrected chi connectivity index (χ2v) is 7.74. The summed E-state index contributed by atoms with van der Waals surface area (Å²) >= 11 is 0. The molecule has 0 radical (unpaired) electrons. The van der Waals surface area contributed by atoms with E-state index in [1.165, 1.54) is 0 Å². The summed E-state index contributed by atoms with van der Waals surface area (Å²) in [5.74, 6) is 1.83. The van der Waals surface area contributed by atoms with Crippen molar-refractivity contribution in [2.45, 2.75) is 64.6 Å². The Morgan fingerprint density at radius 2 is 2.04 bits per heavy atom. The van der Waals surface area contributed by atoms with Crippen molar-refractivity contribution in [1.29, 1.82) is 0 Å². The number of piperidine rings is 1. The molecule has 1 aromatic carbocycles. The lowest BCUT2D eigenvalue weighted by Crippen LogP contribution is -2.58. The normalized spacial score (nSPS) is 32.1. The zero-order valence-corrected chi connectivity index (χ0v) is 15.9. The van der Waals surface area contributed by atoms with Crippen LogP contribution in [0, 0.1) is 17.8 Å². The molecule has 1 aliphatic heterocycles. The van der Waals surface area contributed by atoms with Gasteiger partial charge < -0.3 is 15.4 Å². The van der Waals surface area contributed by atoms with Crippen LogP contribution in [0.1, 0.15) is 46.5 Å². The maximum absolute atomic E-state index is 12.5. The number of para-hydroxylation sites is 1. The molecule has 0 aromatic heterocycles. The number of carbonyl (C=O) groups excluding carboxylic acids is 2. The van der Waals surface area contributed by atoms with Crippen LogP contribution in [0.5, 0.6) is 5.75 Å². The van der Waals surface area contributed by atoms with E-state index in [2.05, 4.69) is 24.5 Å². The van der Waals surface area contributed by atoms with Crippen LogP contribution < -0.4 is 15.4 Å². The zero-order chi connectivity index (χ0) is 18.7. The molecule has 2 fully saturated rings. The Morgan fingerprint density at radius 3 is 2.73 bits per heavy atom. The largest absolute Gasteiger partial charge is 0.481 e. The molecular formula is C21H30N2O3. The fourth-order valence-corrected chi connectivity index (χ4v) is 4.58. The minimum atomic E-state index is -0.542. The predicted octanol–water partition coefficient (Wildman–Crippen LogP) is 2.90. The highest BCUT2D eigenvalue weighted by molar-refractivity contribution is 5.81. The summed E-state index contributed by atoms with van der Waals surface area (Å²) in [5.41, 5.74) is 0. The molecule has 6 atom stereocenters. The number of fused-ring (bicyclic) bond motifs is 1. The fraction of sp³-hybridized carbons (Fsp3) is 0.619. The summed E-state index contributed by atoms with van der Waals surface area (Å²) < 4.78 is 5.71. The third-order valence-electron chi connectivity index (χ3n) is 6.09. The maximum Gasteiger partial charge on any atom is 0.260 e. The number of hydrogen-bond donors (Lipinski definition) is 2. The molecule has 6 unspecified atom stereocenters. The van der Waals surface area contributed by atoms with E-state index in [9.17, 15) is 9.59 Å². The summed E-state index contributed by atoms with van der Waals surface area (Å²) in [4.78, 5) is 24.8. The van der Waals surface area contributed by atoms with E-state index in [1.54, 1.807) is 6.92 Å². The molecule has 1 saturated carbocycles. The van der Waals surface area contributed by atoms with Gasteiger partial charge in [0.15, 0.2) is 6.10 Å². The minimum Gasteiger partial charge on any atom is -0.481 e. The third kappa shape index (κ3) is 4.02. The zero-order valence-electron chi connectivity index (χ0n) is 15.9. The van der Waals surface area contributed by atoms with Crippen LogP contribution in [0.15, 0.2) is 30.3 Å². The Bertz CT molecular complexity index is 633. The van der Waals surface area contributed by atoms with E-state index in [1.807, 2.05) is 30.3 Å². The van der Waals surface area contributed by atoms with Gasteiger partial charge in [-0.25, -0.2) is 0 Å². The molecule has 1 heterocycles. The van der Waals surface area contributed by atoms with Gasteiger partial charge in [-0.3, -0.25) is 9.59 Å². The van der Waals surface area contributed by atoms with Gasteiger partial charge in [0.05, 0.1) is 0 Å². The maximum atomic E-state index is 12.5. The number of amides is 2. The molecule has 0 bridgehead atoms. The van der Waals surface area contributed by atoms with Gasteiger partial charge in [-0.05, 0) is 56.6 Å². The average molecular weight is 358 g/mol. The van der Waals surface area contributed by atoms with Crippen molar-refractivity contribution in [2.24, 2.45) is 17.8 Å². The smallest absolute Gasteiger partial charge is 0.260 e. The van der Waals surface area contributed by atoms with Gasteiger partial charge in [-0.15, -0.1) is 0 Å². The summed E-state index contributed by atoms with van der Waals surface area (Å²) in [6.07, 6.45) is 3.16. The van der Waals surface area contributed by atoms with Crippen LogP contribution in [0.2, 0.25) is 0 Å². The number of rotatable bonds is 5. The SMILES string of the molecule is CCC1C(=O)NC2CC(NC(=O)C(C)Oc3ccccc3)CCC2C1C. The van der Waals surface area contributed by atoms with Crippen molar-refractivity contribution >= 4 is 11.8 Å². The van der Waals surface area contributed by atoms with Crippen LogP contribution in [-0.2, 0) is 9.59 Å². The van der Waals surface area contributed by atoms with Crippen LogP contribution >= 0.6 is 0 Å². The molecule has 3 rings (SSSR count). The molecule has 1 saturated heterocycles. The quantitative estimate of drug-likeness (QED) is 0.850. The number of carbonyl (C=O) groups is 2. The molecule has 2 amide bonds. The molecule has 1 aliphatic carbocycles. The Kier molecular flexibility index (Phi) is 5.84. The number of ether oxygens (including phenoxy) is 1. The van der Waals surface area contributed by atoms with Gasteiger partial charge in [0, 0.05) is 18.0 Å². The fourth-order valence-electron chi connectivity index (χ4n) is 4.58. The Labute approximate surface area is 155 Å². The van der Waals surface area contributed by atoms with Crippen molar-refractivity contribution in [3.05, 3.63) is 30.3 Å². The Hall–Kier alpha value is -2.04. The van der Waals surface area contributed by atoms with Gasteiger partial charge >= 0.3 is 0 Å². The van der Waals surface area contributed by atoms with E-state index < -0.39 is 6.10 Å². The van der Waals surface area contributed by atoms with Gasteiger partial charge in [0.2, 0.25) is 5.91 Å².